The molecule has 0 atom stereocenters. The molecule has 4 nitrogen and oxygen atoms in total. The van der Waals surface area contributed by atoms with Crippen molar-refractivity contribution in [2.75, 3.05) is 5.73 Å². The van der Waals surface area contributed by atoms with E-state index in [0.717, 1.165) is 23.5 Å². The summed E-state index contributed by atoms with van der Waals surface area (Å²) in [4.78, 5) is 13.6. The maximum atomic E-state index is 5.64. The van der Waals surface area contributed by atoms with Crippen LogP contribution in [0.5, 0.6) is 0 Å². The molecule has 0 fully saturated rings. The molecule has 0 amide bonds. The van der Waals surface area contributed by atoms with E-state index < -0.39 is 0 Å². The largest absolute Gasteiger partial charge is 0.368 e. The standard InChI is InChI=1S/C10H12N4S/c1-2-4-8-12-9(14-10(11)13-8)7-5-3-6-15-7/h3,5-6H,2,4H2,1H3,(H2,11,12,13,14). The van der Waals surface area contributed by atoms with E-state index in [4.69, 9.17) is 5.73 Å². The fourth-order valence-corrected chi connectivity index (χ4v) is 1.95. The fraction of sp³-hybridized carbons (Fsp3) is 0.300. The van der Waals surface area contributed by atoms with E-state index >= 15 is 0 Å². The monoisotopic (exact) mass is 220 g/mol. The summed E-state index contributed by atoms with van der Waals surface area (Å²) in [7, 11) is 0. The predicted octanol–water partition coefficient (Wildman–Crippen LogP) is 2.13. The lowest BCUT2D eigenvalue weighted by molar-refractivity contribution is 0.825. The Labute approximate surface area is 92.2 Å². The zero-order chi connectivity index (χ0) is 10.7. The maximum absolute atomic E-state index is 5.64. The van der Waals surface area contributed by atoms with Gasteiger partial charge in [-0.3, -0.25) is 0 Å². The van der Waals surface area contributed by atoms with Crippen molar-refractivity contribution in [2.24, 2.45) is 0 Å². The van der Waals surface area contributed by atoms with Crippen molar-refractivity contribution in [3.8, 4) is 10.7 Å². The zero-order valence-electron chi connectivity index (χ0n) is 8.47. The van der Waals surface area contributed by atoms with Crippen LogP contribution < -0.4 is 5.73 Å². The third-order valence-electron chi connectivity index (χ3n) is 1.91. The van der Waals surface area contributed by atoms with Crippen molar-refractivity contribution in [3.05, 3.63) is 23.3 Å². The Balaban J connectivity index is 2.40. The van der Waals surface area contributed by atoms with Crippen LogP contribution >= 0.6 is 11.3 Å². The average Bonchev–Trinajstić information content (AvgIpc) is 2.70. The van der Waals surface area contributed by atoms with Crippen LogP contribution in [0.3, 0.4) is 0 Å². The Bertz CT molecular complexity index is 439. The lowest BCUT2D eigenvalue weighted by Crippen LogP contribution is -2.04. The van der Waals surface area contributed by atoms with Gasteiger partial charge in [-0.15, -0.1) is 11.3 Å². The zero-order valence-corrected chi connectivity index (χ0v) is 9.29. The van der Waals surface area contributed by atoms with E-state index in [1.54, 1.807) is 11.3 Å². The minimum atomic E-state index is 0.303. The molecule has 2 heterocycles. The van der Waals surface area contributed by atoms with E-state index in [0.29, 0.717) is 11.8 Å². The van der Waals surface area contributed by atoms with E-state index in [2.05, 4.69) is 21.9 Å². The number of hydrogen-bond donors (Lipinski definition) is 1. The second-order valence-electron chi connectivity index (χ2n) is 3.16. The second-order valence-corrected chi connectivity index (χ2v) is 4.11. The number of aryl methyl sites for hydroxylation is 1. The Morgan fingerprint density at radius 3 is 2.87 bits per heavy atom. The number of nitrogen functional groups attached to an aromatic ring is 1. The molecule has 0 aliphatic carbocycles. The molecule has 0 saturated carbocycles. The van der Waals surface area contributed by atoms with Crippen LogP contribution in [0.15, 0.2) is 17.5 Å². The number of aromatic nitrogens is 3. The number of anilines is 1. The van der Waals surface area contributed by atoms with Gasteiger partial charge in [0.1, 0.15) is 5.82 Å². The molecular formula is C10H12N4S. The Morgan fingerprint density at radius 2 is 2.20 bits per heavy atom. The van der Waals surface area contributed by atoms with Crippen molar-refractivity contribution >= 4 is 17.3 Å². The van der Waals surface area contributed by atoms with Crippen LogP contribution in [0.1, 0.15) is 19.2 Å². The lowest BCUT2D eigenvalue weighted by atomic mass is 10.3. The molecule has 0 spiro atoms. The smallest absolute Gasteiger partial charge is 0.223 e. The van der Waals surface area contributed by atoms with Crippen LogP contribution in [0, 0.1) is 0 Å². The summed E-state index contributed by atoms with van der Waals surface area (Å²) in [5, 5.41) is 1.99. The highest BCUT2D eigenvalue weighted by Crippen LogP contribution is 2.21. The van der Waals surface area contributed by atoms with Gasteiger partial charge in [0, 0.05) is 6.42 Å². The molecule has 15 heavy (non-hydrogen) atoms. The van der Waals surface area contributed by atoms with Gasteiger partial charge in [0.2, 0.25) is 5.95 Å². The molecule has 2 N–H and O–H groups in total. The van der Waals surface area contributed by atoms with Crippen molar-refractivity contribution in [1.82, 2.24) is 15.0 Å². The average molecular weight is 220 g/mol. The number of rotatable bonds is 3. The third-order valence-corrected chi connectivity index (χ3v) is 2.78. The first-order chi connectivity index (χ1) is 7.29. The highest BCUT2D eigenvalue weighted by atomic mass is 32.1. The predicted molar refractivity (Wildman–Crippen MR) is 61.5 cm³/mol. The molecule has 2 aromatic rings. The van der Waals surface area contributed by atoms with Crippen molar-refractivity contribution in [3.63, 3.8) is 0 Å². The van der Waals surface area contributed by atoms with E-state index in [-0.39, 0.29) is 0 Å². The summed E-state index contributed by atoms with van der Waals surface area (Å²) in [5.41, 5.74) is 5.64. The van der Waals surface area contributed by atoms with E-state index in [9.17, 15) is 0 Å². The van der Waals surface area contributed by atoms with Crippen LogP contribution in [0.25, 0.3) is 10.7 Å². The summed E-state index contributed by atoms with van der Waals surface area (Å²) >= 11 is 1.60. The van der Waals surface area contributed by atoms with Crippen molar-refractivity contribution in [2.45, 2.75) is 19.8 Å². The highest BCUT2D eigenvalue weighted by Gasteiger charge is 2.06. The van der Waals surface area contributed by atoms with Gasteiger partial charge >= 0.3 is 0 Å². The molecule has 0 aliphatic heterocycles. The molecule has 2 rings (SSSR count). The number of thiophene rings is 1. The van der Waals surface area contributed by atoms with E-state index in [1.165, 1.54) is 0 Å². The number of hydrogen-bond acceptors (Lipinski definition) is 5. The minimum Gasteiger partial charge on any atom is -0.368 e. The maximum Gasteiger partial charge on any atom is 0.223 e. The Morgan fingerprint density at radius 1 is 1.33 bits per heavy atom. The molecule has 0 radical (unpaired) electrons. The molecule has 78 valence electrons. The fourth-order valence-electron chi connectivity index (χ4n) is 1.29. The first-order valence-corrected chi connectivity index (χ1v) is 5.72. The first kappa shape index (κ1) is 10.0. The van der Waals surface area contributed by atoms with Crippen LogP contribution in [0.2, 0.25) is 0 Å². The van der Waals surface area contributed by atoms with Gasteiger partial charge in [-0.2, -0.15) is 9.97 Å². The normalized spacial score (nSPS) is 10.5. The lowest BCUT2D eigenvalue weighted by Gasteiger charge is -2.01. The topological polar surface area (TPSA) is 64.7 Å². The summed E-state index contributed by atoms with van der Waals surface area (Å²) < 4.78 is 0. The van der Waals surface area contributed by atoms with Crippen molar-refractivity contribution in [1.29, 1.82) is 0 Å². The van der Waals surface area contributed by atoms with Gasteiger partial charge < -0.3 is 5.73 Å². The van der Waals surface area contributed by atoms with Gasteiger partial charge in [0.05, 0.1) is 4.88 Å². The highest BCUT2D eigenvalue weighted by molar-refractivity contribution is 7.13. The molecule has 0 bridgehead atoms. The summed E-state index contributed by atoms with van der Waals surface area (Å²) in [6, 6.07) is 3.95. The summed E-state index contributed by atoms with van der Waals surface area (Å²) in [6.07, 6.45) is 1.85. The van der Waals surface area contributed by atoms with Gasteiger partial charge in [-0.1, -0.05) is 13.0 Å². The molecule has 2 aromatic heterocycles. The molecule has 0 unspecified atom stereocenters. The molecule has 0 aromatic carbocycles. The minimum absolute atomic E-state index is 0.303. The summed E-state index contributed by atoms with van der Waals surface area (Å²) in [5.74, 6) is 1.76. The Kier molecular flexibility index (Phi) is 2.91. The van der Waals surface area contributed by atoms with Gasteiger partial charge in [0.15, 0.2) is 5.82 Å². The molecule has 5 heteroatoms. The van der Waals surface area contributed by atoms with Gasteiger partial charge in [-0.05, 0) is 17.9 Å². The quantitative estimate of drug-likeness (QED) is 0.860. The number of nitrogens with two attached hydrogens (primary N) is 1. The third kappa shape index (κ3) is 2.30. The molecule has 0 saturated heterocycles. The van der Waals surface area contributed by atoms with Crippen molar-refractivity contribution < 1.29 is 0 Å². The Hall–Kier alpha value is -1.49. The molecular weight excluding hydrogens is 208 g/mol. The van der Waals surface area contributed by atoms with Gasteiger partial charge in [0.25, 0.3) is 0 Å². The number of nitrogens with zero attached hydrogens (tertiary/aromatic N) is 3. The first-order valence-electron chi connectivity index (χ1n) is 4.84. The van der Waals surface area contributed by atoms with Crippen LogP contribution in [0.4, 0.5) is 5.95 Å². The van der Waals surface area contributed by atoms with Gasteiger partial charge in [-0.25, -0.2) is 4.98 Å². The van der Waals surface area contributed by atoms with E-state index in [1.807, 2.05) is 17.5 Å². The summed E-state index contributed by atoms with van der Waals surface area (Å²) in [6.45, 7) is 2.09. The second kappa shape index (κ2) is 4.35. The van der Waals surface area contributed by atoms with Crippen LogP contribution in [-0.2, 0) is 6.42 Å². The molecule has 0 aliphatic rings. The van der Waals surface area contributed by atoms with Crippen LogP contribution in [-0.4, -0.2) is 15.0 Å². The SMILES string of the molecule is CCCc1nc(N)nc(-c2cccs2)n1.